The van der Waals surface area contributed by atoms with Gasteiger partial charge in [-0.25, -0.2) is 0 Å². The molecule has 1 aromatic carbocycles. The Morgan fingerprint density at radius 1 is 1.25 bits per heavy atom. The molecule has 0 aliphatic heterocycles. The molecule has 2 rings (SSSR count). The van der Waals surface area contributed by atoms with Crippen LogP contribution in [0.1, 0.15) is 25.7 Å². The zero-order valence-corrected chi connectivity index (χ0v) is 12.1. The molecule has 2 aromatic rings. The number of carbonyl (C=O) groups excluding carboxylic acids is 1. The molecule has 0 saturated carbocycles. The van der Waals surface area contributed by atoms with Crippen LogP contribution in [0.3, 0.4) is 0 Å². The van der Waals surface area contributed by atoms with Gasteiger partial charge in [-0.1, -0.05) is 12.1 Å². The fourth-order valence-electron chi connectivity index (χ4n) is 1.64. The van der Waals surface area contributed by atoms with E-state index in [1.165, 1.54) is 4.88 Å². The average Bonchev–Trinajstić information content (AvgIpc) is 2.57. The molecule has 0 saturated heterocycles. The summed E-state index contributed by atoms with van der Waals surface area (Å²) < 4.78 is 1.09. The maximum absolute atomic E-state index is 12.2. The van der Waals surface area contributed by atoms with Crippen LogP contribution >= 0.6 is 33.9 Å². The number of hydrogen-bond acceptors (Lipinski definition) is 2. The predicted octanol–water partition coefficient (Wildman–Crippen LogP) is 4.20. The molecular weight excluding hydrogens is 331 g/mol. The number of thiophene rings is 1. The molecule has 0 radical (unpaired) electrons. The molecule has 1 aromatic heterocycles. The van der Waals surface area contributed by atoms with E-state index in [4.69, 9.17) is 0 Å². The second-order valence-corrected chi connectivity index (χ2v) is 6.37. The summed E-state index contributed by atoms with van der Waals surface area (Å²) in [6, 6.07) is 9.68. The Labute approximate surface area is 113 Å². The highest BCUT2D eigenvalue weighted by Crippen LogP contribution is 2.23. The lowest BCUT2D eigenvalue weighted by Gasteiger charge is -2.00. The third-order valence-electron chi connectivity index (χ3n) is 2.37. The molecule has 0 aliphatic carbocycles. The Morgan fingerprint density at radius 3 is 2.56 bits per heavy atom. The second-order valence-electron chi connectivity index (χ2n) is 3.67. The summed E-state index contributed by atoms with van der Waals surface area (Å²) in [6.45, 7) is 4.03. The van der Waals surface area contributed by atoms with Crippen LogP contribution < -0.4 is 0 Å². The van der Waals surface area contributed by atoms with Gasteiger partial charge in [0.1, 0.15) is 0 Å². The van der Waals surface area contributed by atoms with Crippen LogP contribution in [0.2, 0.25) is 0 Å². The van der Waals surface area contributed by atoms with Gasteiger partial charge in [-0.2, -0.15) is 0 Å². The Balaban J connectivity index is 2.43. The fourth-order valence-corrected chi connectivity index (χ4v) is 3.11. The Hall–Kier alpha value is -0.680. The van der Waals surface area contributed by atoms with Gasteiger partial charge in [-0.05, 0) is 54.6 Å². The third-order valence-corrected chi connectivity index (χ3v) is 4.01. The van der Waals surface area contributed by atoms with Crippen molar-refractivity contribution >= 4 is 39.7 Å². The lowest BCUT2D eigenvalue weighted by Crippen LogP contribution is -2.01. The number of benzene rings is 1. The van der Waals surface area contributed by atoms with Gasteiger partial charge >= 0.3 is 0 Å². The van der Waals surface area contributed by atoms with Crippen molar-refractivity contribution in [3.05, 3.63) is 54.8 Å². The minimum absolute atomic E-state index is 0.125. The van der Waals surface area contributed by atoms with Gasteiger partial charge in [0.15, 0.2) is 5.78 Å². The molecule has 1 nitrogen and oxygen atoms in total. The van der Waals surface area contributed by atoms with Crippen LogP contribution in [0.25, 0.3) is 0 Å². The first-order chi connectivity index (χ1) is 7.58. The normalized spacial score (nSPS) is 10.4. The summed E-state index contributed by atoms with van der Waals surface area (Å²) in [6.07, 6.45) is 0. The van der Waals surface area contributed by atoms with Gasteiger partial charge in [0.2, 0.25) is 0 Å². The summed E-state index contributed by atoms with van der Waals surface area (Å²) in [7, 11) is 0. The summed E-state index contributed by atoms with van der Waals surface area (Å²) in [4.78, 5) is 14.5. The van der Waals surface area contributed by atoms with Crippen molar-refractivity contribution in [3.63, 3.8) is 0 Å². The Morgan fingerprint density at radius 2 is 2.00 bits per heavy atom. The van der Waals surface area contributed by atoms with E-state index in [-0.39, 0.29) is 5.78 Å². The van der Waals surface area contributed by atoms with E-state index in [0.29, 0.717) is 0 Å². The highest BCUT2D eigenvalue weighted by molar-refractivity contribution is 14.1. The zero-order chi connectivity index (χ0) is 11.7. The summed E-state index contributed by atoms with van der Waals surface area (Å²) in [5.74, 6) is 0.125. The summed E-state index contributed by atoms with van der Waals surface area (Å²) in [5, 5.41) is 0. The van der Waals surface area contributed by atoms with E-state index in [1.807, 2.05) is 44.2 Å². The summed E-state index contributed by atoms with van der Waals surface area (Å²) >= 11 is 3.90. The molecule has 0 amide bonds. The van der Waals surface area contributed by atoms with Crippen LogP contribution in [0.15, 0.2) is 30.3 Å². The summed E-state index contributed by atoms with van der Waals surface area (Å²) in [5.41, 5.74) is 1.61. The third kappa shape index (κ3) is 2.35. The minimum atomic E-state index is 0.125. The Kier molecular flexibility index (Phi) is 3.44. The van der Waals surface area contributed by atoms with E-state index in [1.54, 1.807) is 11.3 Å². The zero-order valence-electron chi connectivity index (χ0n) is 9.08. The lowest BCUT2D eigenvalue weighted by molar-refractivity contribution is 0.103. The quantitative estimate of drug-likeness (QED) is 0.591. The lowest BCUT2D eigenvalue weighted by atomic mass is 10.0. The van der Waals surface area contributed by atoms with Crippen LogP contribution in [0, 0.1) is 17.4 Å². The van der Waals surface area contributed by atoms with Crippen molar-refractivity contribution in [1.29, 1.82) is 0 Å². The maximum Gasteiger partial charge on any atom is 0.194 e. The number of rotatable bonds is 2. The van der Waals surface area contributed by atoms with Gasteiger partial charge in [-0.3, -0.25) is 4.79 Å². The molecule has 0 aliphatic rings. The monoisotopic (exact) mass is 342 g/mol. The number of ketones is 1. The van der Waals surface area contributed by atoms with E-state index < -0.39 is 0 Å². The van der Waals surface area contributed by atoms with Crippen molar-refractivity contribution in [1.82, 2.24) is 0 Å². The maximum atomic E-state index is 12.2. The molecule has 0 spiro atoms. The van der Waals surface area contributed by atoms with E-state index in [2.05, 4.69) is 22.6 Å². The van der Waals surface area contributed by atoms with Crippen LogP contribution in [-0.4, -0.2) is 5.78 Å². The average molecular weight is 342 g/mol. The van der Waals surface area contributed by atoms with Crippen LogP contribution in [0.4, 0.5) is 0 Å². The van der Waals surface area contributed by atoms with E-state index >= 15 is 0 Å². The van der Waals surface area contributed by atoms with Gasteiger partial charge in [0.25, 0.3) is 0 Å². The predicted molar refractivity (Wildman–Crippen MR) is 76.4 cm³/mol. The van der Waals surface area contributed by atoms with Gasteiger partial charge < -0.3 is 0 Å². The highest BCUT2D eigenvalue weighted by atomic mass is 127. The highest BCUT2D eigenvalue weighted by Gasteiger charge is 2.13. The molecule has 0 bridgehead atoms. The first kappa shape index (κ1) is 11.8. The first-order valence-corrected chi connectivity index (χ1v) is 6.85. The van der Waals surface area contributed by atoms with Crippen molar-refractivity contribution in [2.24, 2.45) is 0 Å². The fraction of sp³-hybridized carbons (Fsp3) is 0.154. The SMILES string of the molecule is Cc1cc(C(=O)c2cccc(I)c2)c(C)s1. The van der Waals surface area contributed by atoms with Crippen LogP contribution in [-0.2, 0) is 0 Å². The van der Waals surface area contributed by atoms with E-state index in [9.17, 15) is 4.79 Å². The molecule has 82 valence electrons. The first-order valence-electron chi connectivity index (χ1n) is 4.95. The Bertz CT molecular complexity index is 543. The number of halogens is 1. The van der Waals surface area contributed by atoms with Crippen LogP contribution in [0.5, 0.6) is 0 Å². The van der Waals surface area contributed by atoms with Crippen molar-refractivity contribution < 1.29 is 4.79 Å². The standard InChI is InChI=1S/C13H11IOS/c1-8-6-12(9(2)16-8)13(15)10-4-3-5-11(14)7-10/h3-7H,1-2H3. The molecular formula is C13H11IOS. The number of aryl methyl sites for hydroxylation is 2. The molecule has 0 unspecified atom stereocenters. The van der Waals surface area contributed by atoms with Gasteiger partial charge in [0, 0.05) is 24.5 Å². The number of hydrogen-bond donors (Lipinski definition) is 0. The second kappa shape index (κ2) is 4.67. The molecule has 0 atom stereocenters. The molecule has 0 fully saturated rings. The van der Waals surface area contributed by atoms with Crippen molar-refractivity contribution in [3.8, 4) is 0 Å². The molecule has 3 heteroatoms. The molecule has 16 heavy (non-hydrogen) atoms. The molecule has 1 heterocycles. The minimum Gasteiger partial charge on any atom is -0.289 e. The topological polar surface area (TPSA) is 17.1 Å². The van der Waals surface area contributed by atoms with Gasteiger partial charge in [-0.15, -0.1) is 11.3 Å². The number of carbonyl (C=O) groups is 1. The van der Waals surface area contributed by atoms with Gasteiger partial charge in [0.05, 0.1) is 0 Å². The van der Waals surface area contributed by atoms with E-state index in [0.717, 1.165) is 19.6 Å². The van der Waals surface area contributed by atoms with Crippen molar-refractivity contribution in [2.45, 2.75) is 13.8 Å². The smallest absolute Gasteiger partial charge is 0.194 e. The molecule has 0 N–H and O–H groups in total. The van der Waals surface area contributed by atoms with Crippen molar-refractivity contribution in [2.75, 3.05) is 0 Å². The largest absolute Gasteiger partial charge is 0.289 e.